The molecule has 0 atom stereocenters. The van der Waals surface area contributed by atoms with Crippen molar-refractivity contribution >= 4 is 11.9 Å². The molecule has 25 heavy (non-hydrogen) atoms. The summed E-state index contributed by atoms with van der Waals surface area (Å²) in [6.07, 6.45) is 2.20. The van der Waals surface area contributed by atoms with Crippen molar-refractivity contribution in [1.29, 1.82) is 0 Å². The summed E-state index contributed by atoms with van der Waals surface area (Å²) in [6.45, 7) is 15.3. The van der Waals surface area contributed by atoms with Crippen LogP contribution in [0.1, 0.15) is 59.6 Å². The zero-order valence-corrected chi connectivity index (χ0v) is 16.5. The fourth-order valence-electron chi connectivity index (χ4n) is 2.24. The number of oxazole rings is 1. The van der Waals surface area contributed by atoms with Crippen LogP contribution in [0.5, 0.6) is 0 Å². The number of aromatic nitrogens is 1. The Balaban J connectivity index is 2.56. The molecule has 1 aromatic heterocycles. The maximum atomic E-state index is 12.0. The van der Waals surface area contributed by atoms with E-state index in [0.29, 0.717) is 31.4 Å². The van der Waals surface area contributed by atoms with E-state index in [-0.39, 0.29) is 11.3 Å². The second kappa shape index (κ2) is 10.1. The monoisotopic (exact) mass is 351 g/mol. The molecule has 0 bridgehead atoms. The Morgan fingerprint density at radius 2 is 1.92 bits per heavy atom. The van der Waals surface area contributed by atoms with E-state index in [1.54, 1.807) is 6.20 Å². The number of guanidine groups is 1. The van der Waals surface area contributed by atoms with Crippen LogP contribution in [0.15, 0.2) is 15.6 Å². The third kappa shape index (κ3) is 7.15. The largest absolute Gasteiger partial charge is 0.443 e. The molecule has 0 aliphatic rings. The molecule has 0 saturated heterocycles. The van der Waals surface area contributed by atoms with Crippen LogP contribution in [0.2, 0.25) is 0 Å². The molecule has 7 heteroatoms. The maximum Gasteiger partial charge on any atom is 0.224 e. The summed E-state index contributed by atoms with van der Waals surface area (Å²) in [5.41, 5.74) is -0.0670. The predicted octanol–water partition coefficient (Wildman–Crippen LogP) is 2.29. The topological polar surface area (TPSA) is 82.8 Å². The van der Waals surface area contributed by atoms with Gasteiger partial charge in [0.05, 0.1) is 6.20 Å². The maximum absolute atomic E-state index is 12.0. The van der Waals surface area contributed by atoms with Gasteiger partial charge in [-0.3, -0.25) is 4.79 Å². The Morgan fingerprint density at radius 1 is 1.24 bits per heavy atom. The van der Waals surface area contributed by atoms with Crippen LogP contribution < -0.4 is 10.6 Å². The standard InChI is InChI=1S/C18H33N5O2/c1-7-19-17(20-11-10-16(24)23(8-2)9-3)22-13-15-21-12-14(25-15)18(4,5)6/h12H,7-11,13H2,1-6H3,(H2,19,20,22). The highest BCUT2D eigenvalue weighted by molar-refractivity contribution is 5.81. The lowest BCUT2D eigenvalue weighted by molar-refractivity contribution is -0.130. The molecule has 0 saturated carbocycles. The van der Waals surface area contributed by atoms with Crippen LogP contribution in [0, 0.1) is 0 Å². The molecule has 0 radical (unpaired) electrons. The van der Waals surface area contributed by atoms with Crippen LogP contribution >= 0.6 is 0 Å². The summed E-state index contributed by atoms with van der Waals surface area (Å²) in [4.78, 5) is 22.6. The van der Waals surface area contributed by atoms with Gasteiger partial charge in [-0.2, -0.15) is 0 Å². The summed E-state index contributed by atoms with van der Waals surface area (Å²) in [6, 6.07) is 0. The second-order valence-electron chi connectivity index (χ2n) is 6.81. The summed E-state index contributed by atoms with van der Waals surface area (Å²) in [7, 11) is 0. The van der Waals surface area contributed by atoms with E-state index in [9.17, 15) is 4.79 Å². The van der Waals surface area contributed by atoms with E-state index < -0.39 is 0 Å². The lowest BCUT2D eigenvalue weighted by Gasteiger charge is -2.19. The van der Waals surface area contributed by atoms with Gasteiger partial charge in [-0.05, 0) is 20.8 Å². The van der Waals surface area contributed by atoms with E-state index in [1.165, 1.54) is 0 Å². The molecule has 1 heterocycles. The van der Waals surface area contributed by atoms with E-state index >= 15 is 0 Å². The molecule has 0 unspecified atom stereocenters. The number of carbonyl (C=O) groups is 1. The molecular formula is C18H33N5O2. The van der Waals surface area contributed by atoms with Gasteiger partial charge in [-0.25, -0.2) is 9.98 Å². The minimum Gasteiger partial charge on any atom is -0.443 e. The first-order chi connectivity index (χ1) is 11.8. The molecule has 1 aromatic rings. The van der Waals surface area contributed by atoms with Crippen molar-refractivity contribution in [2.75, 3.05) is 26.2 Å². The van der Waals surface area contributed by atoms with E-state index in [4.69, 9.17) is 4.42 Å². The number of rotatable bonds is 8. The van der Waals surface area contributed by atoms with Crippen molar-refractivity contribution in [3.63, 3.8) is 0 Å². The second-order valence-corrected chi connectivity index (χ2v) is 6.81. The van der Waals surface area contributed by atoms with Gasteiger partial charge in [-0.1, -0.05) is 20.8 Å². The summed E-state index contributed by atoms with van der Waals surface area (Å²) < 4.78 is 5.75. The molecule has 0 aliphatic carbocycles. The van der Waals surface area contributed by atoms with Gasteiger partial charge in [0.15, 0.2) is 5.96 Å². The summed E-state index contributed by atoms with van der Waals surface area (Å²) >= 11 is 0. The number of hydrogen-bond acceptors (Lipinski definition) is 4. The molecule has 1 rings (SSSR count). The Bertz CT molecular complexity index is 556. The third-order valence-corrected chi connectivity index (χ3v) is 3.76. The van der Waals surface area contributed by atoms with Gasteiger partial charge >= 0.3 is 0 Å². The highest BCUT2D eigenvalue weighted by Crippen LogP contribution is 2.22. The minimum absolute atomic E-state index is 0.0670. The Labute approximate surface area is 151 Å². The fraction of sp³-hybridized carbons (Fsp3) is 0.722. The van der Waals surface area contributed by atoms with Gasteiger partial charge in [0, 0.05) is 38.0 Å². The van der Waals surface area contributed by atoms with Gasteiger partial charge < -0.3 is 20.0 Å². The lowest BCUT2D eigenvalue weighted by Crippen LogP contribution is -2.40. The van der Waals surface area contributed by atoms with Gasteiger partial charge in [-0.15, -0.1) is 0 Å². The van der Waals surface area contributed by atoms with Crippen molar-refractivity contribution < 1.29 is 9.21 Å². The molecular weight excluding hydrogens is 318 g/mol. The van der Waals surface area contributed by atoms with Gasteiger partial charge in [0.2, 0.25) is 11.8 Å². The first-order valence-electron chi connectivity index (χ1n) is 9.06. The SMILES string of the molecule is CCNC(=NCc1ncc(C(C)(C)C)o1)NCCC(=O)N(CC)CC. The van der Waals surface area contributed by atoms with Crippen molar-refractivity contribution in [2.24, 2.45) is 4.99 Å². The molecule has 142 valence electrons. The number of nitrogens with zero attached hydrogens (tertiary/aromatic N) is 3. The predicted molar refractivity (Wildman–Crippen MR) is 101 cm³/mol. The summed E-state index contributed by atoms with van der Waals surface area (Å²) in [5.74, 6) is 2.24. The van der Waals surface area contributed by atoms with Crippen LogP contribution in [0.3, 0.4) is 0 Å². The van der Waals surface area contributed by atoms with Crippen molar-refractivity contribution in [1.82, 2.24) is 20.5 Å². The van der Waals surface area contributed by atoms with Crippen molar-refractivity contribution in [3.8, 4) is 0 Å². The quantitative estimate of drug-likeness (QED) is 0.555. The molecule has 1 amide bonds. The Kier molecular flexibility index (Phi) is 8.45. The van der Waals surface area contributed by atoms with Gasteiger partial charge in [0.25, 0.3) is 0 Å². The van der Waals surface area contributed by atoms with E-state index in [1.807, 2.05) is 25.7 Å². The highest BCUT2D eigenvalue weighted by atomic mass is 16.4. The lowest BCUT2D eigenvalue weighted by atomic mass is 9.94. The van der Waals surface area contributed by atoms with Crippen LogP contribution in [-0.4, -0.2) is 47.9 Å². The molecule has 0 spiro atoms. The number of amides is 1. The van der Waals surface area contributed by atoms with Gasteiger partial charge in [0.1, 0.15) is 12.3 Å². The van der Waals surface area contributed by atoms with Crippen molar-refractivity contribution in [2.45, 2.75) is 59.9 Å². The number of hydrogen-bond donors (Lipinski definition) is 2. The van der Waals surface area contributed by atoms with Crippen LogP contribution in [-0.2, 0) is 16.8 Å². The number of nitrogens with one attached hydrogen (secondary N) is 2. The van der Waals surface area contributed by atoms with Crippen LogP contribution in [0.4, 0.5) is 0 Å². The fourth-order valence-corrected chi connectivity index (χ4v) is 2.24. The van der Waals surface area contributed by atoms with Crippen molar-refractivity contribution in [3.05, 3.63) is 17.8 Å². The Morgan fingerprint density at radius 3 is 2.44 bits per heavy atom. The minimum atomic E-state index is -0.0670. The first kappa shape index (κ1) is 21.0. The Hall–Kier alpha value is -2.05. The normalized spacial score (nSPS) is 12.2. The molecule has 2 N–H and O–H groups in total. The summed E-state index contributed by atoms with van der Waals surface area (Å²) in [5, 5.41) is 6.35. The zero-order chi connectivity index (χ0) is 18.9. The molecule has 0 aromatic carbocycles. The smallest absolute Gasteiger partial charge is 0.224 e. The van der Waals surface area contributed by atoms with Crippen LogP contribution in [0.25, 0.3) is 0 Å². The molecule has 0 fully saturated rings. The average molecular weight is 351 g/mol. The third-order valence-electron chi connectivity index (χ3n) is 3.76. The van der Waals surface area contributed by atoms with E-state index in [2.05, 4.69) is 41.4 Å². The first-order valence-corrected chi connectivity index (χ1v) is 9.06. The molecule has 7 nitrogen and oxygen atoms in total. The van der Waals surface area contributed by atoms with E-state index in [0.717, 1.165) is 25.4 Å². The number of carbonyl (C=O) groups excluding carboxylic acids is 1. The highest BCUT2D eigenvalue weighted by Gasteiger charge is 2.19. The molecule has 0 aliphatic heterocycles. The zero-order valence-electron chi connectivity index (χ0n) is 16.5. The average Bonchev–Trinajstić information content (AvgIpc) is 3.03. The number of aliphatic imine (C=N–C) groups is 1.